The minimum Gasteiger partial charge on any atom is -0.506 e. The zero-order valence-electron chi connectivity index (χ0n) is 10.2. The number of phenolic OH excluding ortho intramolecular Hbond substituents is 1. The Bertz CT molecular complexity index is 525. The Morgan fingerprint density at radius 2 is 2.22 bits per heavy atom. The fourth-order valence-corrected chi connectivity index (χ4v) is 2.20. The third-order valence-electron chi connectivity index (χ3n) is 2.87. The van der Waals surface area contributed by atoms with Crippen LogP contribution in [0.3, 0.4) is 0 Å². The van der Waals surface area contributed by atoms with Gasteiger partial charge in [0.25, 0.3) is 0 Å². The molecule has 5 heteroatoms. The molecule has 0 unspecified atom stereocenters. The van der Waals surface area contributed by atoms with Gasteiger partial charge >= 0.3 is 0 Å². The summed E-state index contributed by atoms with van der Waals surface area (Å²) in [5, 5.41) is 17.3. The predicted molar refractivity (Wildman–Crippen MR) is 74.4 cm³/mol. The van der Waals surface area contributed by atoms with Crippen molar-refractivity contribution in [2.24, 2.45) is 7.05 Å². The van der Waals surface area contributed by atoms with Crippen molar-refractivity contribution in [1.82, 2.24) is 15.1 Å². The van der Waals surface area contributed by atoms with Gasteiger partial charge in [-0.15, -0.1) is 0 Å². The number of nitrogens with one attached hydrogen (secondary N) is 1. The van der Waals surface area contributed by atoms with Gasteiger partial charge in [0.15, 0.2) is 0 Å². The molecule has 0 bridgehead atoms. The van der Waals surface area contributed by atoms with Crippen molar-refractivity contribution in [3.8, 4) is 5.75 Å². The molecule has 0 aliphatic heterocycles. The molecule has 0 aliphatic rings. The molecule has 0 radical (unpaired) electrons. The van der Waals surface area contributed by atoms with Crippen LogP contribution in [0.1, 0.15) is 11.3 Å². The zero-order chi connectivity index (χ0) is 13.0. The average Bonchev–Trinajstić information content (AvgIpc) is 2.76. The number of aromatic nitrogens is 2. The molecule has 18 heavy (non-hydrogen) atoms. The summed E-state index contributed by atoms with van der Waals surface area (Å²) in [6.07, 6.45) is 2.72. The van der Waals surface area contributed by atoms with Crippen LogP contribution in [0.4, 0.5) is 0 Å². The fourth-order valence-electron chi connectivity index (χ4n) is 1.79. The monoisotopic (exact) mass is 309 g/mol. The Morgan fingerprint density at radius 3 is 2.94 bits per heavy atom. The molecule has 0 saturated heterocycles. The van der Waals surface area contributed by atoms with Gasteiger partial charge in [0.1, 0.15) is 5.75 Å². The van der Waals surface area contributed by atoms with E-state index in [1.54, 1.807) is 6.20 Å². The van der Waals surface area contributed by atoms with E-state index in [9.17, 15) is 5.11 Å². The molecule has 4 nitrogen and oxygen atoms in total. The summed E-state index contributed by atoms with van der Waals surface area (Å²) in [7, 11) is 1.94. The molecule has 0 atom stereocenters. The highest BCUT2D eigenvalue weighted by Crippen LogP contribution is 2.27. The predicted octanol–water partition coefficient (Wildman–Crippen LogP) is 2.22. The van der Waals surface area contributed by atoms with Crippen molar-refractivity contribution < 1.29 is 5.11 Å². The Morgan fingerprint density at radius 1 is 1.39 bits per heavy atom. The Labute approximate surface area is 115 Å². The van der Waals surface area contributed by atoms with Crippen LogP contribution in [0.2, 0.25) is 0 Å². The van der Waals surface area contributed by atoms with Crippen LogP contribution in [0.15, 0.2) is 34.9 Å². The van der Waals surface area contributed by atoms with Crippen molar-refractivity contribution >= 4 is 15.9 Å². The molecular weight excluding hydrogens is 294 g/mol. The van der Waals surface area contributed by atoms with Gasteiger partial charge in [-0.25, -0.2) is 0 Å². The number of phenols is 1. The smallest absolute Gasteiger partial charge is 0.134 e. The molecule has 0 spiro atoms. The highest BCUT2D eigenvalue weighted by atomic mass is 79.9. The number of hydrogen-bond donors (Lipinski definition) is 2. The largest absolute Gasteiger partial charge is 0.506 e. The third kappa shape index (κ3) is 3.11. The number of hydrogen-bond acceptors (Lipinski definition) is 3. The molecule has 0 saturated carbocycles. The van der Waals surface area contributed by atoms with Crippen molar-refractivity contribution in [2.45, 2.75) is 13.0 Å². The van der Waals surface area contributed by atoms with E-state index in [4.69, 9.17) is 0 Å². The van der Waals surface area contributed by atoms with Gasteiger partial charge < -0.3 is 10.4 Å². The summed E-state index contributed by atoms with van der Waals surface area (Å²) in [5.74, 6) is 0.311. The van der Waals surface area contributed by atoms with Gasteiger partial charge in [0.2, 0.25) is 0 Å². The van der Waals surface area contributed by atoms with Crippen LogP contribution in [-0.2, 0) is 20.0 Å². The number of aromatic hydroxyl groups is 1. The summed E-state index contributed by atoms with van der Waals surface area (Å²) in [5.41, 5.74) is 2.09. The zero-order valence-corrected chi connectivity index (χ0v) is 11.8. The van der Waals surface area contributed by atoms with Crippen LogP contribution in [-0.4, -0.2) is 21.4 Å². The van der Waals surface area contributed by atoms with Gasteiger partial charge in [-0.3, -0.25) is 4.68 Å². The number of benzene rings is 1. The minimum absolute atomic E-state index is 0.311. The second-order valence-corrected chi connectivity index (χ2v) is 4.97. The molecule has 0 fully saturated rings. The molecule has 1 heterocycles. The second kappa shape index (κ2) is 6.02. The molecule has 2 N–H and O–H groups in total. The SMILES string of the molecule is Cn1nccc1CCNCc1cccc(Br)c1O. The van der Waals surface area contributed by atoms with Gasteiger partial charge in [-0.05, 0) is 28.1 Å². The van der Waals surface area contributed by atoms with E-state index < -0.39 is 0 Å². The van der Waals surface area contributed by atoms with Crippen LogP contribution in [0.5, 0.6) is 5.75 Å². The Balaban J connectivity index is 1.82. The first-order valence-electron chi connectivity index (χ1n) is 5.82. The molecule has 1 aromatic carbocycles. The normalized spacial score (nSPS) is 10.8. The lowest BCUT2D eigenvalue weighted by Crippen LogP contribution is -2.18. The maximum absolute atomic E-state index is 9.82. The van der Waals surface area contributed by atoms with Gasteiger partial charge in [-0.1, -0.05) is 12.1 Å². The Hall–Kier alpha value is -1.33. The molecule has 0 aliphatic carbocycles. The number of rotatable bonds is 5. The van der Waals surface area contributed by atoms with Crippen LogP contribution in [0.25, 0.3) is 0 Å². The highest BCUT2D eigenvalue weighted by Gasteiger charge is 2.04. The summed E-state index contributed by atoms with van der Waals surface area (Å²) < 4.78 is 2.60. The third-order valence-corrected chi connectivity index (χ3v) is 3.51. The average molecular weight is 310 g/mol. The molecule has 1 aromatic heterocycles. The van der Waals surface area contributed by atoms with Crippen molar-refractivity contribution in [3.05, 3.63) is 46.2 Å². The molecular formula is C13H16BrN3O. The number of aryl methyl sites for hydroxylation is 1. The van der Waals surface area contributed by atoms with Crippen LogP contribution >= 0.6 is 15.9 Å². The van der Waals surface area contributed by atoms with Crippen molar-refractivity contribution in [3.63, 3.8) is 0 Å². The topological polar surface area (TPSA) is 50.1 Å². The molecule has 96 valence electrons. The first-order valence-corrected chi connectivity index (χ1v) is 6.61. The van der Waals surface area contributed by atoms with E-state index in [0.717, 1.165) is 23.0 Å². The second-order valence-electron chi connectivity index (χ2n) is 4.12. The van der Waals surface area contributed by atoms with Gasteiger partial charge in [-0.2, -0.15) is 5.10 Å². The summed E-state index contributed by atoms with van der Waals surface area (Å²) >= 11 is 3.31. The quantitative estimate of drug-likeness (QED) is 0.833. The summed E-state index contributed by atoms with van der Waals surface area (Å²) in [4.78, 5) is 0. The fraction of sp³-hybridized carbons (Fsp3) is 0.308. The van der Waals surface area contributed by atoms with E-state index in [2.05, 4.69) is 26.3 Å². The first-order chi connectivity index (χ1) is 8.68. The van der Waals surface area contributed by atoms with E-state index in [1.807, 2.05) is 36.0 Å². The van der Waals surface area contributed by atoms with E-state index in [1.165, 1.54) is 5.69 Å². The molecule has 2 aromatic rings. The summed E-state index contributed by atoms with van der Waals surface area (Å²) in [6, 6.07) is 7.67. The maximum atomic E-state index is 9.82. The summed E-state index contributed by atoms with van der Waals surface area (Å²) in [6.45, 7) is 1.51. The number of halogens is 1. The van der Waals surface area contributed by atoms with Gasteiger partial charge in [0.05, 0.1) is 4.47 Å². The van der Waals surface area contributed by atoms with E-state index in [0.29, 0.717) is 12.3 Å². The molecule has 0 amide bonds. The van der Waals surface area contributed by atoms with Crippen molar-refractivity contribution in [1.29, 1.82) is 0 Å². The van der Waals surface area contributed by atoms with Crippen LogP contribution in [0, 0.1) is 0 Å². The van der Waals surface area contributed by atoms with Gasteiger partial charge in [0, 0.05) is 44.0 Å². The minimum atomic E-state index is 0.311. The number of nitrogens with zero attached hydrogens (tertiary/aromatic N) is 2. The lowest BCUT2D eigenvalue weighted by atomic mass is 10.2. The molecule has 2 rings (SSSR count). The lowest BCUT2D eigenvalue weighted by Gasteiger charge is -2.08. The highest BCUT2D eigenvalue weighted by molar-refractivity contribution is 9.10. The van der Waals surface area contributed by atoms with Crippen molar-refractivity contribution in [2.75, 3.05) is 6.54 Å². The van der Waals surface area contributed by atoms with E-state index >= 15 is 0 Å². The lowest BCUT2D eigenvalue weighted by molar-refractivity contribution is 0.461. The Kier molecular flexibility index (Phi) is 4.38. The first kappa shape index (κ1) is 13.1. The van der Waals surface area contributed by atoms with Crippen LogP contribution < -0.4 is 5.32 Å². The maximum Gasteiger partial charge on any atom is 0.134 e. The van der Waals surface area contributed by atoms with E-state index in [-0.39, 0.29) is 0 Å². The standard InChI is InChI=1S/C13H16BrN3O/c1-17-11(6-8-16-17)5-7-15-9-10-3-2-4-12(14)13(10)18/h2-4,6,8,15,18H,5,7,9H2,1H3. The number of para-hydroxylation sites is 1.